The molecule has 2 aromatic rings. The van der Waals surface area contributed by atoms with Crippen LogP contribution in [0.5, 0.6) is 0 Å². The molecule has 6 N–H and O–H groups in total. The van der Waals surface area contributed by atoms with Crippen LogP contribution in [0.15, 0.2) is 18.2 Å². The highest BCUT2D eigenvalue weighted by Crippen LogP contribution is 2.17. The Bertz CT molecular complexity index is 465. The minimum Gasteiger partial charge on any atom is -0.399 e. The molecule has 5 heteroatoms. The molecule has 0 atom stereocenters. The first-order chi connectivity index (χ1) is 6.16. The fourth-order valence-electron chi connectivity index (χ4n) is 1.10. The number of anilines is 3. The van der Waals surface area contributed by atoms with Crippen LogP contribution in [0.2, 0.25) is 0 Å². The molecule has 0 aliphatic carbocycles. The summed E-state index contributed by atoms with van der Waals surface area (Å²) in [5.74, 6) is 0.482. The van der Waals surface area contributed by atoms with Crippen LogP contribution in [0.25, 0.3) is 11.0 Å². The van der Waals surface area contributed by atoms with E-state index in [1.54, 1.807) is 18.2 Å². The summed E-state index contributed by atoms with van der Waals surface area (Å²) in [6.45, 7) is 0. The smallest absolute Gasteiger partial charge is 0.166 e. The van der Waals surface area contributed by atoms with Gasteiger partial charge in [-0.3, -0.25) is 0 Å². The molecule has 0 bridgehead atoms. The molecule has 0 saturated heterocycles. The van der Waals surface area contributed by atoms with Crippen LogP contribution < -0.4 is 17.2 Å². The van der Waals surface area contributed by atoms with Crippen LogP contribution in [0.3, 0.4) is 0 Å². The molecule has 0 unspecified atom stereocenters. The van der Waals surface area contributed by atoms with Crippen molar-refractivity contribution < 1.29 is 0 Å². The van der Waals surface area contributed by atoms with Gasteiger partial charge in [0.2, 0.25) is 0 Å². The van der Waals surface area contributed by atoms with E-state index in [2.05, 4.69) is 9.97 Å². The van der Waals surface area contributed by atoms with Crippen LogP contribution in [-0.2, 0) is 0 Å². The third-order valence-electron chi connectivity index (χ3n) is 1.74. The second-order valence-corrected chi connectivity index (χ2v) is 2.74. The molecule has 0 saturated carbocycles. The average molecular weight is 175 g/mol. The molecule has 0 spiro atoms. The van der Waals surface area contributed by atoms with Gasteiger partial charge in [0.15, 0.2) is 11.6 Å². The Kier molecular flexibility index (Phi) is 1.45. The van der Waals surface area contributed by atoms with Gasteiger partial charge in [0.1, 0.15) is 0 Å². The standard InChI is InChI=1S/C8H9N5/c9-4-1-2-5-6(3-4)13-8(11)7(10)12-5/h1-3H,9H2,(H2,10,12)(H2,11,13). The number of nitrogens with zero attached hydrogens (tertiary/aromatic N) is 2. The third kappa shape index (κ3) is 1.20. The highest BCUT2D eigenvalue weighted by Gasteiger charge is 2.01. The predicted molar refractivity (Wildman–Crippen MR) is 52.8 cm³/mol. The summed E-state index contributed by atoms with van der Waals surface area (Å²) in [5, 5.41) is 0. The normalized spacial score (nSPS) is 10.5. The number of nitrogens with two attached hydrogens (primary N) is 3. The Labute approximate surface area is 74.6 Å². The van der Waals surface area contributed by atoms with Crippen molar-refractivity contribution >= 4 is 28.4 Å². The number of hydrogen-bond donors (Lipinski definition) is 3. The first-order valence-corrected chi connectivity index (χ1v) is 3.75. The predicted octanol–water partition coefficient (Wildman–Crippen LogP) is 0.376. The number of hydrogen-bond acceptors (Lipinski definition) is 5. The van der Waals surface area contributed by atoms with Gasteiger partial charge in [-0.1, -0.05) is 0 Å². The summed E-state index contributed by atoms with van der Waals surface area (Å²) in [7, 11) is 0. The van der Waals surface area contributed by atoms with E-state index >= 15 is 0 Å². The van der Waals surface area contributed by atoms with Gasteiger partial charge in [-0.15, -0.1) is 0 Å². The SMILES string of the molecule is Nc1ccc2nc(N)c(N)nc2c1. The van der Waals surface area contributed by atoms with Gasteiger partial charge < -0.3 is 17.2 Å². The van der Waals surface area contributed by atoms with Crippen molar-refractivity contribution in [3.63, 3.8) is 0 Å². The number of rotatable bonds is 0. The first-order valence-electron chi connectivity index (χ1n) is 3.75. The number of nitrogen functional groups attached to an aromatic ring is 3. The minimum atomic E-state index is 0.234. The monoisotopic (exact) mass is 175 g/mol. The van der Waals surface area contributed by atoms with Crippen molar-refractivity contribution in [1.82, 2.24) is 9.97 Å². The molecule has 13 heavy (non-hydrogen) atoms. The van der Waals surface area contributed by atoms with Crippen LogP contribution in [0, 0.1) is 0 Å². The average Bonchev–Trinajstić information content (AvgIpc) is 2.08. The van der Waals surface area contributed by atoms with Gasteiger partial charge in [0.25, 0.3) is 0 Å². The second-order valence-electron chi connectivity index (χ2n) is 2.74. The Morgan fingerprint density at radius 1 is 0.846 bits per heavy atom. The zero-order valence-electron chi connectivity index (χ0n) is 6.86. The van der Waals surface area contributed by atoms with Gasteiger partial charge in [0.05, 0.1) is 11.0 Å². The lowest BCUT2D eigenvalue weighted by molar-refractivity contribution is 1.31. The summed E-state index contributed by atoms with van der Waals surface area (Å²) >= 11 is 0. The highest BCUT2D eigenvalue weighted by molar-refractivity contribution is 5.81. The van der Waals surface area contributed by atoms with E-state index in [0.29, 0.717) is 16.7 Å². The molecule has 0 fully saturated rings. The lowest BCUT2D eigenvalue weighted by atomic mass is 10.2. The van der Waals surface area contributed by atoms with Crippen molar-refractivity contribution in [2.75, 3.05) is 17.2 Å². The number of benzene rings is 1. The van der Waals surface area contributed by atoms with Crippen LogP contribution >= 0.6 is 0 Å². The second kappa shape index (κ2) is 2.48. The zero-order chi connectivity index (χ0) is 9.42. The molecule has 1 aromatic heterocycles. The Balaban J connectivity index is 2.81. The fraction of sp³-hybridized carbons (Fsp3) is 0. The summed E-state index contributed by atoms with van der Waals surface area (Å²) in [4.78, 5) is 8.10. The Hall–Kier alpha value is -2.04. The maximum Gasteiger partial charge on any atom is 0.166 e. The van der Waals surface area contributed by atoms with E-state index in [0.717, 1.165) is 0 Å². The molecule has 66 valence electrons. The summed E-state index contributed by atoms with van der Waals surface area (Å²) in [6, 6.07) is 5.21. The summed E-state index contributed by atoms with van der Waals surface area (Å²) in [5.41, 5.74) is 18.5. The largest absolute Gasteiger partial charge is 0.399 e. The number of fused-ring (bicyclic) bond motifs is 1. The van der Waals surface area contributed by atoms with Crippen molar-refractivity contribution in [1.29, 1.82) is 0 Å². The van der Waals surface area contributed by atoms with Gasteiger partial charge in [-0.25, -0.2) is 9.97 Å². The van der Waals surface area contributed by atoms with Gasteiger partial charge in [-0.05, 0) is 18.2 Å². The molecular weight excluding hydrogens is 166 g/mol. The van der Waals surface area contributed by atoms with E-state index < -0.39 is 0 Å². The quantitative estimate of drug-likeness (QED) is 0.502. The third-order valence-corrected chi connectivity index (χ3v) is 1.74. The highest BCUT2D eigenvalue weighted by atomic mass is 15.0. The maximum atomic E-state index is 5.57. The maximum absolute atomic E-state index is 5.57. The Morgan fingerprint density at radius 2 is 1.46 bits per heavy atom. The van der Waals surface area contributed by atoms with Crippen molar-refractivity contribution in [2.24, 2.45) is 0 Å². The molecule has 0 amide bonds. The lowest BCUT2D eigenvalue weighted by Crippen LogP contribution is -2.01. The van der Waals surface area contributed by atoms with E-state index in [1.165, 1.54) is 0 Å². The van der Waals surface area contributed by atoms with Crippen molar-refractivity contribution in [3.05, 3.63) is 18.2 Å². The fourth-order valence-corrected chi connectivity index (χ4v) is 1.10. The van der Waals surface area contributed by atoms with Crippen molar-refractivity contribution in [3.8, 4) is 0 Å². The molecule has 0 aliphatic heterocycles. The van der Waals surface area contributed by atoms with Gasteiger partial charge >= 0.3 is 0 Å². The van der Waals surface area contributed by atoms with Crippen LogP contribution in [0.1, 0.15) is 0 Å². The van der Waals surface area contributed by atoms with Gasteiger partial charge in [0, 0.05) is 5.69 Å². The summed E-state index contributed by atoms with van der Waals surface area (Å²) < 4.78 is 0. The topological polar surface area (TPSA) is 104 Å². The lowest BCUT2D eigenvalue weighted by Gasteiger charge is -2.01. The Morgan fingerprint density at radius 3 is 2.15 bits per heavy atom. The van der Waals surface area contributed by atoms with Crippen molar-refractivity contribution in [2.45, 2.75) is 0 Å². The number of aromatic nitrogens is 2. The molecule has 0 aliphatic rings. The molecule has 2 rings (SSSR count). The molecule has 0 radical (unpaired) electrons. The molecule has 5 nitrogen and oxygen atoms in total. The molecular formula is C8H9N5. The van der Waals surface area contributed by atoms with Gasteiger partial charge in [-0.2, -0.15) is 0 Å². The van der Waals surface area contributed by atoms with Crippen LogP contribution in [0.4, 0.5) is 17.3 Å². The van der Waals surface area contributed by atoms with E-state index in [9.17, 15) is 0 Å². The minimum absolute atomic E-state index is 0.234. The summed E-state index contributed by atoms with van der Waals surface area (Å²) in [6.07, 6.45) is 0. The van der Waals surface area contributed by atoms with Crippen LogP contribution in [-0.4, -0.2) is 9.97 Å². The molecule has 1 aromatic carbocycles. The van der Waals surface area contributed by atoms with E-state index in [4.69, 9.17) is 17.2 Å². The van der Waals surface area contributed by atoms with E-state index in [-0.39, 0.29) is 11.6 Å². The van der Waals surface area contributed by atoms with E-state index in [1.807, 2.05) is 0 Å². The molecule has 1 heterocycles. The first kappa shape index (κ1) is 7.60. The zero-order valence-corrected chi connectivity index (χ0v) is 6.86.